The van der Waals surface area contributed by atoms with E-state index < -0.39 is 0 Å². The molecule has 0 saturated carbocycles. The Hall–Kier alpha value is -1.72. The zero-order chi connectivity index (χ0) is 15.0. The van der Waals surface area contributed by atoms with E-state index in [0.29, 0.717) is 6.04 Å². The number of nitrogens with zero attached hydrogens (tertiary/aromatic N) is 2. The number of hydrogen-bond donors (Lipinski definition) is 0. The topological polar surface area (TPSA) is 46.4 Å². The number of non-ortho nitro benzene ring substituents is 1. The summed E-state index contributed by atoms with van der Waals surface area (Å²) in [5, 5.41) is 14.1. The van der Waals surface area contributed by atoms with Crippen LogP contribution in [0.1, 0.15) is 25.8 Å². The third-order valence-electron chi connectivity index (χ3n) is 4.09. The third kappa shape index (κ3) is 2.71. The maximum atomic E-state index is 10.8. The first-order valence-corrected chi connectivity index (χ1v) is 8.03. The van der Waals surface area contributed by atoms with Crippen LogP contribution in [0.4, 0.5) is 5.69 Å². The highest BCUT2D eigenvalue weighted by Crippen LogP contribution is 2.35. The molecule has 21 heavy (non-hydrogen) atoms. The molecule has 1 aromatic carbocycles. The van der Waals surface area contributed by atoms with Crippen molar-refractivity contribution in [3.8, 4) is 0 Å². The summed E-state index contributed by atoms with van der Waals surface area (Å²) >= 11 is 1.59. The standard InChI is InChI=1S/C16H18N2O2S/c1-11(2)17-7-5-12(6-8-17)15-10-21-16-9-13(18(19)20)3-4-14(15)16/h3-5,9-11H,6-8H2,1-2H3. The summed E-state index contributed by atoms with van der Waals surface area (Å²) in [5.74, 6) is 0. The van der Waals surface area contributed by atoms with Crippen molar-refractivity contribution in [1.82, 2.24) is 4.90 Å². The Morgan fingerprint density at radius 3 is 2.81 bits per heavy atom. The quantitative estimate of drug-likeness (QED) is 0.627. The highest BCUT2D eigenvalue weighted by molar-refractivity contribution is 7.17. The van der Waals surface area contributed by atoms with E-state index in [0.717, 1.165) is 29.6 Å². The van der Waals surface area contributed by atoms with Gasteiger partial charge < -0.3 is 0 Å². The molecule has 0 radical (unpaired) electrons. The van der Waals surface area contributed by atoms with Crippen LogP contribution in [-0.4, -0.2) is 29.0 Å². The van der Waals surface area contributed by atoms with Gasteiger partial charge in [-0.2, -0.15) is 0 Å². The summed E-state index contributed by atoms with van der Waals surface area (Å²) in [6.45, 7) is 6.50. The molecule has 0 N–H and O–H groups in total. The molecular weight excluding hydrogens is 284 g/mol. The number of hydrogen-bond acceptors (Lipinski definition) is 4. The molecule has 0 unspecified atom stereocenters. The van der Waals surface area contributed by atoms with Crippen LogP contribution in [0.15, 0.2) is 29.7 Å². The van der Waals surface area contributed by atoms with Gasteiger partial charge in [-0.3, -0.25) is 15.0 Å². The van der Waals surface area contributed by atoms with Crippen LogP contribution < -0.4 is 0 Å². The van der Waals surface area contributed by atoms with Crippen molar-refractivity contribution >= 4 is 32.7 Å². The normalized spacial score (nSPS) is 16.4. The van der Waals surface area contributed by atoms with Gasteiger partial charge in [-0.15, -0.1) is 11.3 Å². The lowest BCUT2D eigenvalue weighted by Crippen LogP contribution is -2.34. The Morgan fingerprint density at radius 1 is 1.38 bits per heavy atom. The van der Waals surface area contributed by atoms with E-state index in [1.165, 1.54) is 11.1 Å². The molecule has 4 nitrogen and oxygen atoms in total. The van der Waals surface area contributed by atoms with Gasteiger partial charge in [-0.05, 0) is 42.9 Å². The lowest BCUT2D eigenvalue weighted by Gasteiger charge is -2.29. The molecule has 5 heteroatoms. The first-order chi connectivity index (χ1) is 10.1. The monoisotopic (exact) mass is 302 g/mol. The van der Waals surface area contributed by atoms with Gasteiger partial charge in [0.05, 0.1) is 4.92 Å². The third-order valence-corrected chi connectivity index (χ3v) is 5.03. The fraction of sp³-hybridized carbons (Fsp3) is 0.375. The molecule has 110 valence electrons. The summed E-state index contributed by atoms with van der Waals surface area (Å²) in [4.78, 5) is 13.0. The summed E-state index contributed by atoms with van der Waals surface area (Å²) in [6, 6.07) is 5.73. The molecule has 1 aliphatic rings. The maximum absolute atomic E-state index is 10.8. The second-order valence-corrected chi connectivity index (χ2v) is 6.57. The Kier molecular flexibility index (Phi) is 3.78. The van der Waals surface area contributed by atoms with Crippen molar-refractivity contribution in [3.63, 3.8) is 0 Å². The molecule has 2 aromatic rings. The van der Waals surface area contributed by atoms with Crippen molar-refractivity contribution in [2.45, 2.75) is 26.3 Å². The van der Waals surface area contributed by atoms with Gasteiger partial charge in [0.15, 0.2) is 0 Å². The second-order valence-electron chi connectivity index (χ2n) is 5.65. The van der Waals surface area contributed by atoms with E-state index >= 15 is 0 Å². The Balaban J connectivity index is 1.93. The Bertz CT molecular complexity index is 718. The van der Waals surface area contributed by atoms with Gasteiger partial charge in [-0.1, -0.05) is 6.08 Å². The predicted octanol–water partition coefficient (Wildman–Crippen LogP) is 4.31. The van der Waals surface area contributed by atoms with Gasteiger partial charge in [0, 0.05) is 41.4 Å². The zero-order valence-electron chi connectivity index (χ0n) is 12.2. The van der Waals surface area contributed by atoms with E-state index in [1.54, 1.807) is 23.5 Å². The zero-order valence-corrected chi connectivity index (χ0v) is 13.0. The van der Waals surface area contributed by atoms with Crippen LogP contribution in [0.3, 0.4) is 0 Å². The van der Waals surface area contributed by atoms with Crippen LogP contribution in [0.2, 0.25) is 0 Å². The maximum Gasteiger partial charge on any atom is 0.270 e. The molecule has 1 aliphatic heterocycles. The van der Waals surface area contributed by atoms with Crippen LogP contribution >= 0.6 is 11.3 Å². The van der Waals surface area contributed by atoms with Gasteiger partial charge in [-0.25, -0.2) is 0 Å². The van der Waals surface area contributed by atoms with Crippen molar-refractivity contribution in [1.29, 1.82) is 0 Å². The number of thiophene rings is 1. The van der Waals surface area contributed by atoms with Gasteiger partial charge >= 0.3 is 0 Å². The van der Waals surface area contributed by atoms with Crippen LogP contribution in [0, 0.1) is 10.1 Å². The van der Waals surface area contributed by atoms with Crippen molar-refractivity contribution in [3.05, 3.63) is 45.3 Å². The largest absolute Gasteiger partial charge is 0.297 e. The van der Waals surface area contributed by atoms with E-state index in [9.17, 15) is 10.1 Å². The van der Waals surface area contributed by atoms with Crippen molar-refractivity contribution < 1.29 is 4.92 Å². The van der Waals surface area contributed by atoms with E-state index in [4.69, 9.17) is 0 Å². The van der Waals surface area contributed by atoms with E-state index in [1.807, 2.05) is 6.07 Å². The molecule has 0 amide bonds. The average Bonchev–Trinajstić information content (AvgIpc) is 2.90. The molecule has 0 aliphatic carbocycles. The fourth-order valence-corrected chi connectivity index (χ4v) is 3.79. The van der Waals surface area contributed by atoms with Gasteiger partial charge in [0.1, 0.15) is 0 Å². The van der Waals surface area contributed by atoms with Gasteiger partial charge in [0.25, 0.3) is 5.69 Å². The molecule has 0 spiro atoms. The summed E-state index contributed by atoms with van der Waals surface area (Å²) in [5.41, 5.74) is 2.78. The predicted molar refractivity (Wildman–Crippen MR) is 87.8 cm³/mol. The van der Waals surface area contributed by atoms with Crippen molar-refractivity contribution in [2.24, 2.45) is 0 Å². The minimum atomic E-state index is -0.334. The molecule has 0 saturated heterocycles. The fourth-order valence-electron chi connectivity index (χ4n) is 2.78. The number of fused-ring (bicyclic) bond motifs is 1. The second kappa shape index (κ2) is 5.58. The molecule has 0 atom stereocenters. The smallest absolute Gasteiger partial charge is 0.270 e. The Morgan fingerprint density at radius 2 is 2.19 bits per heavy atom. The number of benzene rings is 1. The molecule has 0 bridgehead atoms. The summed E-state index contributed by atoms with van der Waals surface area (Å²) in [6.07, 6.45) is 3.34. The van der Waals surface area contributed by atoms with E-state index in [2.05, 4.69) is 30.2 Å². The van der Waals surface area contributed by atoms with Crippen LogP contribution in [0.25, 0.3) is 15.7 Å². The number of nitro groups is 1. The highest BCUT2D eigenvalue weighted by Gasteiger charge is 2.18. The highest BCUT2D eigenvalue weighted by atomic mass is 32.1. The molecule has 2 heterocycles. The summed E-state index contributed by atoms with van der Waals surface area (Å²) in [7, 11) is 0. The SMILES string of the molecule is CC(C)N1CC=C(c2csc3cc([N+](=O)[O-])ccc23)CC1. The Labute approximate surface area is 127 Å². The lowest BCUT2D eigenvalue weighted by atomic mass is 9.98. The molecule has 1 aromatic heterocycles. The molecular formula is C16H18N2O2S. The summed E-state index contributed by atoms with van der Waals surface area (Å²) < 4.78 is 0.992. The van der Waals surface area contributed by atoms with Crippen molar-refractivity contribution in [2.75, 3.05) is 13.1 Å². The van der Waals surface area contributed by atoms with Crippen LogP contribution in [-0.2, 0) is 0 Å². The lowest BCUT2D eigenvalue weighted by molar-refractivity contribution is -0.384. The molecule has 3 rings (SSSR count). The number of rotatable bonds is 3. The number of nitro benzene ring substituents is 1. The first-order valence-electron chi connectivity index (χ1n) is 7.15. The average molecular weight is 302 g/mol. The minimum Gasteiger partial charge on any atom is -0.297 e. The molecule has 0 fully saturated rings. The van der Waals surface area contributed by atoms with Crippen LogP contribution in [0.5, 0.6) is 0 Å². The van der Waals surface area contributed by atoms with Gasteiger partial charge in [0.2, 0.25) is 0 Å². The first kappa shape index (κ1) is 14.2. The van der Waals surface area contributed by atoms with E-state index in [-0.39, 0.29) is 10.6 Å². The minimum absolute atomic E-state index is 0.166.